The summed E-state index contributed by atoms with van der Waals surface area (Å²) in [4.78, 5) is 61.8. The molecular formula is C36H43NO15. The van der Waals surface area contributed by atoms with Crippen LogP contribution in [0, 0.1) is 0 Å². The minimum atomic E-state index is -1.59. The molecular weight excluding hydrogens is 686 g/mol. The average molecular weight is 730 g/mol. The summed E-state index contributed by atoms with van der Waals surface area (Å²) in [6.45, 7) is 5.51. The van der Waals surface area contributed by atoms with Crippen LogP contribution in [0.25, 0.3) is 0 Å². The molecule has 2 aromatic carbocycles. The molecule has 282 valence electrons. The highest BCUT2D eigenvalue weighted by molar-refractivity contribution is 5.73. The molecule has 0 aliphatic carbocycles. The summed E-state index contributed by atoms with van der Waals surface area (Å²) in [7, 11) is 0. The number of carbonyl (C=O) groups is 5. The molecule has 7 unspecified atom stereocenters. The van der Waals surface area contributed by atoms with Crippen molar-refractivity contribution in [2.75, 3.05) is 13.2 Å². The van der Waals surface area contributed by atoms with E-state index in [0.717, 1.165) is 26.3 Å². The highest BCUT2D eigenvalue weighted by atomic mass is 16.8. The predicted octanol–water partition coefficient (Wildman–Crippen LogP) is 2.02. The summed E-state index contributed by atoms with van der Waals surface area (Å²) in [6.07, 6.45) is -12.2. The number of hydrogen-bond donors (Lipinski definition) is 1. The van der Waals surface area contributed by atoms with Gasteiger partial charge in [-0.05, 0) is 5.56 Å². The molecule has 0 bridgehead atoms. The number of ether oxygens (including phenoxy) is 10. The fourth-order valence-electron chi connectivity index (χ4n) is 6.25. The maximum atomic E-state index is 12.7. The van der Waals surface area contributed by atoms with Gasteiger partial charge >= 0.3 is 23.9 Å². The van der Waals surface area contributed by atoms with E-state index in [1.54, 1.807) is 0 Å². The highest BCUT2D eigenvalue weighted by Crippen LogP contribution is 2.38. The molecule has 3 aliphatic rings. The van der Waals surface area contributed by atoms with Gasteiger partial charge in [0.05, 0.1) is 13.2 Å². The Labute approximate surface area is 300 Å². The lowest BCUT2D eigenvalue weighted by molar-refractivity contribution is -0.379. The molecule has 1 amide bonds. The van der Waals surface area contributed by atoms with Crippen molar-refractivity contribution >= 4 is 29.8 Å². The summed E-state index contributed by atoms with van der Waals surface area (Å²) in [6, 6.07) is 17.4. The van der Waals surface area contributed by atoms with Crippen molar-refractivity contribution in [3.8, 4) is 0 Å². The lowest BCUT2D eigenvalue weighted by atomic mass is 9.94. The van der Waals surface area contributed by atoms with Crippen LogP contribution in [0.2, 0.25) is 0 Å². The van der Waals surface area contributed by atoms with Gasteiger partial charge in [-0.1, -0.05) is 60.7 Å². The van der Waals surface area contributed by atoms with E-state index < -0.39 is 104 Å². The number of fused-ring (bicyclic) bond motifs is 1. The number of carbonyl (C=O) groups excluding carboxylic acids is 5. The van der Waals surface area contributed by atoms with Crippen molar-refractivity contribution in [1.82, 2.24) is 5.32 Å². The van der Waals surface area contributed by atoms with E-state index >= 15 is 0 Å². The van der Waals surface area contributed by atoms with Gasteiger partial charge in [0.25, 0.3) is 0 Å². The second-order valence-corrected chi connectivity index (χ2v) is 12.4. The number of amides is 1. The molecule has 3 saturated heterocycles. The lowest BCUT2D eigenvalue weighted by Crippen LogP contribution is -2.70. The second-order valence-electron chi connectivity index (χ2n) is 12.4. The van der Waals surface area contributed by atoms with E-state index in [-0.39, 0.29) is 13.2 Å². The summed E-state index contributed by atoms with van der Waals surface area (Å²) in [5, 5.41) is 2.86. The lowest BCUT2D eigenvalue weighted by Gasteiger charge is -2.51. The van der Waals surface area contributed by atoms with Crippen LogP contribution in [0.3, 0.4) is 0 Å². The highest BCUT2D eigenvalue weighted by Gasteiger charge is 2.57. The predicted molar refractivity (Wildman–Crippen MR) is 174 cm³/mol. The van der Waals surface area contributed by atoms with Crippen molar-refractivity contribution < 1.29 is 71.3 Å². The Kier molecular flexibility index (Phi) is 13.3. The van der Waals surface area contributed by atoms with Gasteiger partial charge in [0.15, 0.2) is 37.2 Å². The van der Waals surface area contributed by atoms with Crippen LogP contribution in [0.4, 0.5) is 0 Å². The summed E-state index contributed by atoms with van der Waals surface area (Å²) in [5.41, 5.74) is 1.53. The molecule has 16 heteroatoms. The van der Waals surface area contributed by atoms with Crippen LogP contribution in [0.1, 0.15) is 52.0 Å². The zero-order valence-corrected chi connectivity index (χ0v) is 29.4. The number of benzene rings is 2. The van der Waals surface area contributed by atoms with E-state index in [1.807, 2.05) is 60.7 Å². The smallest absolute Gasteiger partial charge is 0.303 e. The zero-order chi connectivity index (χ0) is 37.4. The molecule has 3 heterocycles. The van der Waals surface area contributed by atoms with E-state index in [4.69, 9.17) is 47.4 Å². The summed E-state index contributed by atoms with van der Waals surface area (Å²) >= 11 is 0. The number of nitrogens with one attached hydrogen (secondary N) is 1. The molecule has 2 aromatic rings. The molecule has 52 heavy (non-hydrogen) atoms. The van der Waals surface area contributed by atoms with Gasteiger partial charge < -0.3 is 52.7 Å². The second kappa shape index (κ2) is 17.9. The van der Waals surface area contributed by atoms with Gasteiger partial charge in [0, 0.05) is 40.2 Å². The van der Waals surface area contributed by atoms with Crippen molar-refractivity contribution in [2.45, 2.75) is 109 Å². The molecule has 0 saturated carbocycles. The Morgan fingerprint density at radius 3 is 1.92 bits per heavy atom. The van der Waals surface area contributed by atoms with Crippen LogP contribution in [-0.4, -0.2) is 104 Å². The monoisotopic (exact) mass is 729 g/mol. The Balaban J connectivity index is 1.55. The van der Waals surface area contributed by atoms with Gasteiger partial charge in [-0.25, -0.2) is 0 Å². The maximum Gasteiger partial charge on any atom is 0.303 e. The Bertz CT molecular complexity index is 1540. The van der Waals surface area contributed by atoms with E-state index in [1.165, 1.54) is 13.8 Å². The van der Waals surface area contributed by atoms with E-state index in [9.17, 15) is 24.0 Å². The number of hydrogen-bond acceptors (Lipinski definition) is 15. The first-order valence-electron chi connectivity index (χ1n) is 16.8. The van der Waals surface area contributed by atoms with Crippen LogP contribution in [0.5, 0.6) is 0 Å². The van der Waals surface area contributed by atoms with Crippen LogP contribution in [0.15, 0.2) is 60.7 Å². The van der Waals surface area contributed by atoms with Crippen LogP contribution >= 0.6 is 0 Å². The Morgan fingerprint density at radius 1 is 0.692 bits per heavy atom. The first kappa shape index (κ1) is 38.8. The molecule has 0 radical (unpaired) electrons. The Hall–Kier alpha value is -4.45. The molecule has 0 spiro atoms. The van der Waals surface area contributed by atoms with Crippen LogP contribution < -0.4 is 5.32 Å². The zero-order valence-electron chi connectivity index (χ0n) is 29.4. The minimum Gasteiger partial charge on any atom is -0.463 e. The maximum absolute atomic E-state index is 12.7. The molecule has 11 atom stereocenters. The van der Waals surface area contributed by atoms with Gasteiger partial charge in [0.1, 0.15) is 37.1 Å². The largest absolute Gasteiger partial charge is 0.463 e. The third kappa shape index (κ3) is 10.1. The van der Waals surface area contributed by atoms with Crippen molar-refractivity contribution in [1.29, 1.82) is 0 Å². The van der Waals surface area contributed by atoms with Crippen molar-refractivity contribution in [3.05, 3.63) is 71.8 Å². The fraction of sp³-hybridized carbons (Fsp3) is 0.528. The molecule has 3 aliphatic heterocycles. The minimum absolute atomic E-state index is 0.0284. The molecule has 3 fully saturated rings. The topological polar surface area (TPSA) is 190 Å². The molecule has 0 aromatic heterocycles. The van der Waals surface area contributed by atoms with Gasteiger partial charge in [-0.2, -0.15) is 0 Å². The standard InChI is InChI=1S/C36H43NO15/c1-19(38)37-28-31(52-36-33(48-23(5)42)32(47-22(4)41)30(46-21(3)40)26(50-36)17-43-20(2)39)29-27(18-45-34(51-29)25-14-10-7-11-15-25)49-35(28)44-16-24-12-8-6-9-13-24/h6-15,26-36H,16-18H2,1-5H3,(H,37,38)/t26?,27?,28?,29-,30-,31?,32?,33?,34?,35-,36-/m0/s1. The van der Waals surface area contributed by atoms with Crippen molar-refractivity contribution in [2.24, 2.45) is 0 Å². The Morgan fingerprint density at radius 2 is 1.31 bits per heavy atom. The first-order chi connectivity index (χ1) is 24.9. The third-order valence-corrected chi connectivity index (χ3v) is 8.28. The molecule has 16 nitrogen and oxygen atoms in total. The van der Waals surface area contributed by atoms with Crippen molar-refractivity contribution in [3.63, 3.8) is 0 Å². The normalized spacial score (nSPS) is 31.3. The number of esters is 4. The van der Waals surface area contributed by atoms with Gasteiger partial charge in [-0.15, -0.1) is 0 Å². The fourth-order valence-corrected chi connectivity index (χ4v) is 6.25. The van der Waals surface area contributed by atoms with Gasteiger partial charge in [0.2, 0.25) is 5.91 Å². The quantitative estimate of drug-likeness (QED) is 0.247. The molecule has 1 N–H and O–H groups in total. The SMILES string of the molecule is CC(=O)NC1C(O[C@@H]2OC(COC(C)=O)[C@H](OC(C)=O)C(OC(C)=O)C2OC(C)=O)[C@H]2OC(c3ccccc3)OCC2O[C@@H]1OCc1ccccc1. The molecule has 5 rings (SSSR count). The average Bonchev–Trinajstić information content (AvgIpc) is 3.10. The third-order valence-electron chi connectivity index (χ3n) is 8.28. The first-order valence-corrected chi connectivity index (χ1v) is 16.8. The number of rotatable bonds is 12. The van der Waals surface area contributed by atoms with E-state index in [2.05, 4.69) is 5.32 Å². The van der Waals surface area contributed by atoms with E-state index in [0.29, 0.717) is 5.56 Å². The van der Waals surface area contributed by atoms with Gasteiger partial charge in [-0.3, -0.25) is 24.0 Å². The van der Waals surface area contributed by atoms with Crippen LogP contribution in [-0.2, 0) is 77.9 Å². The summed E-state index contributed by atoms with van der Waals surface area (Å²) < 4.78 is 60.0. The summed E-state index contributed by atoms with van der Waals surface area (Å²) in [5.74, 6) is -3.52.